The van der Waals surface area contributed by atoms with Crippen LogP contribution in [0.2, 0.25) is 0 Å². The van der Waals surface area contributed by atoms with Crippen LogP contribution in [0, 0.1) is 0 Å². The first-order valence-corrected chi connectivity index (χ1v) is 10.4. The van der Waals surface area contributed by atoms with Gasteiger partial charge in [0.15, 0.2) is 0 Å². The molecule has 0 saturated carbocycles. The second-order valence-corrected chi connectivity index (χ2v) is 8.03. The van der Waals surface area contributed by atoms with Crippen LogP contribution in [0.15, 0.2) is 54.6 Å². The fourth-order valence-electron chi connectivity index (χ4n) is 3.55. The topological polar surface area (TPSA) is 67.4 Å². The molecule has 1 aliphatic rings. The Hall–Kier alpha value is -3.12. The van der Waals surface area contributed by atoms with Crippen LogP contribution >= 0.6 is 11.3 Å². The molecule has 0 bridgehead atoms. The SMILES string of the molecule is COc1cccc(NC(=O)c2c(NC(=O)c3ccccc3)sc3c2CCCC3)c1. The molecular weight excluding hydrogens is 384 g/mol. The summed E-state index contributed by atoms with van der Waals surface area (Å²) >= 11 is 1.51. The molecule has 29 heavy (non-hydrogen) atoms. The molecule has 0 aliphatic heterocycles. The molecule has 1 heterocycles. The van der Waals surface area contributed by atoms with Gasteiger partial charge in [0.2, 0.25) is 0 Å². The monoisotopic (exact) mass is 406 g/mol. The van der Waals surface area contributed by atoms with E-state index >= 15 is 0 Å². The van der Waals surface area contributed by atoms with Gasteiger partial charge >= 0.3 is 0 Å². The van der Waals surface area contributed by atoms with Crippen LogP contribution in [0.1, 0.15) is 44.0 Å². The summed E-state index contributed by atoms with van der Waals surface area (Å²) in [5.41, 5.74) is 2.87. The number of hydrogen-bond donors (Lipinski definition) is 2. The molecule has 148 valence electrons. The molecule has 6 heteroatoms. The van der Waals surface area contributed by atoms with Crippen LogP contribution in [-0.4, -0.2) is 18.9 Å². The number of ether oxygens (including phenoxy) is 1. The number of thiophene rings is 1. The highest BCUT2D eigenvalue weighted by atomic mass is 32.1. The maximum absolute atomic E-state index is 13.2. The average molecular weight is 407 g/mol. The van der Waals surface area contributed by atoms with E-state index in [9.17, 15) is 9.59 Å². The lowest BCUT2D eigenvalue weighted by Gasteiger charge is -2.13. The summed E-state index contributed by atoms with van der Waals surface area (Å²) in [5, 5.41) is 6.54. The Morgan fingerprint density at radius 1 is 0.931 bits per heavy atom. The summed E-state index contributed by atoms with van der Waals surface area (Å²) in [6.07, 6.45) is 3.96. The van der Waals surface area contributed by atoms with E-state index in [4.69, 9.17) is 4.74 Å². The largest absolute Gasteiger partial charge is 0.497 e. The van der Waals surface area contributed by atoms with E-state index in [1.54, 1.807) is 25.3 Å². The maximum atomic E-state index is 13.2. The van der Waals surface area contributed by atoms with E-state index in [1.807, 2.05) is 36.4 Å². The predicted molar refractivity (Wildman–Crippen MR) is 116 cm³/mol. The predicted octanol–water partition coefficient (Wildman–Crippen LogP) is 5.14. The number of carbonyl (C=O) groups excluding carboxylic acids is 2. The van der Waals surface area contributed by atoms with Crippen molar-refractivity contribution in [3.05, 3.63) is 76.2 Å². The van der Waals surface area contributed by atoms with E-state index in [1.165, 1.54) is 16.2 Å². The normalized spacial score (nSPS) is 12.7. The van der Waals surface area contributed by atoms with Gasteiger partial charge in [0.25, 0.3) is 11.8 Å². The third kappa shape index (κ3) is 4.17. The highest BCUT2D eigenvalue weighted by molar-refractivity contribution is 7.17. The van der Waals surface area contributed by atoms with Gasteiger partial charge in [0.05, 0.1) is 12.7 Å². The molecule has 5 nitrogen and oxygen atoms in total. The number of anilines is 2. The van der Waals surface area contributed by atoms with Crippen LogP contribution in [0.3, 0.4) is 0 Å². The number of methoxy groups -OCH3 is 1. The Balaban J connectivity index is 1.65. The van der Waals surface area contributed by atoms with Gasteiger partial charge < -0.3 is 15.4 Å². The molecule has 0 fully saturated rings. The fraction of sp³-hybridized carbons (Fsp3) is 0.217. The first-order chi connectivity index (χ1) is 14.2. The van der Waals surface area contributed by atoms with Crippen molar-refractivity contribution in [1.29, 1.82) is 0 Å². The van der Waals surface area contributed by atoms with Crippen LogP contribution in [0.25, 0.3) is 0 Å². The summed E-state index contributed by atoms with van der Waals surface area (Å²) < 4.78 is 5.24. The number of amides is 2. The molecule has 2 amide bonds. The van der Waals surface area contributed by atoms with E-state index in [0.717, 1.165) is 31.2 Å². The van der Waals surface area contributed by atoms with Crippen LogP contribution in [0.4, 0.5) is 10.7 Å². The van der Waals surface area contributed by atoms with Crippen LogP contribution in [-0.2, 0) is 12.8 Å². The van der Waals surface area contributed by atoms with Gasteiger partial charge in [-0.2, -0.15) is 0 Å². The van der Waals surface area contributed by atoms with Gasteiger partial charge in [0, 0.05) is 22.2 Å². The van der Waals surface area contributed by atoms with Crippen molar-refractivity contribution in [1.82, 2.24) is 0 Å². The minimum Gasteiger partial charge on any atom is -0.497 e. The maximum Gasteiger partial charge on any atom is 0.258 e. The first-order valence-electron chi connectivity index (χ1n) is 9.62. The van der Waals surface area contributed by atoms with Gasteiger partial charge in [-0.1, -0.05) is 24.3 Å². The Morgan fingerprint density at radius 3 is 2.52 bits per heavy atom. The minimum absolute atomic E-state index is 0.207. The van der Waals surface area contributed by atoms with Crippen molar-refractivity contribution < 1.29 is 14.3 Å². The van der Waals surface area contributed by atoms with Gasteiger partial charge in [-0.05, 0) is 55.5 Å². The second kappa shape index (κ2) is 8.49. The van der Waals surface area contributed by atoms with E-state index < -0.39 is 0 Å². The van der Waals surface area contributed by atoms with E-state index in [2.05, 4.69) is 10.6 Å². The molecule has 3 aromatic rings. The van der Waals surface area contributed by atoms with Gasteiger partial charge in [-0.25, -0.2) is 0 Å². The quantitative estimate of drug-likeness (QED) is 0.616. The Bertz CT molecular complexity index is 1040. The Labute approximate surface area is 173 Å². The Morgan fingerprint density at radius 2 is 1.72 bits per heavy atom. The summed E-state index contributed by atoms with van der Waals surface area (Å²) in [7, 11) is 1.59. The summed E-state index contributed by atoms with van der Waals surface area (Å²) in [6.45, 7) is 0. The van der Waals surface area contributed by atoms with Gasteiger partial charge in [-0.3, -0.25) is 9.59 Å². The lowest BCUT2D eigenvalue weighted by atomic mass is 9.95. The van der Waals surface area contributed by atoms with Crippen molar-refractivity contribution in [3.63, 3.8) is 0 Å². The zero-order chi connectivity index (χ0) is 20.2. The average Bonchev–Trinajstić information content (AvgIpc) is 3.12. The summed E-state index contributed by atoms with van der Waals surface area (Å²) in [6, 6.07) is 16.3. The lowest BCUT2D eigenvalue weighted by molar-refractivity contribution is 0.102. The van der Waals surface area contributed by atoms with Crippen molar-refractivity contribution >= 4 is 33.8 Å². The lowest BCUT2D eigenvalue weighted by Crippen LogP contribution is -2.18. The number of fused-ring (bicyclic) bond motifs is 1. The molecule has 0 radical (unpaired) electrons. The highest BCUT2D eigenvalue weighted by Gasteiger charge is 2.26. The molecule has 2 N–H and O–H groups in total. The third-order valence-corrected chi connectivity index (χ3v) is 6.20. The second-order valence-electron chi connectivity index (χ2n) is 6.92. The number of nitrogens with one attached hydrogen (secondary N) is 2. The molecule has 2 aromatic carbocycles. The van der Waals surface area contributed by atoms with Crippen molar-refractivity contribution in [3.8, 4) is 5.75 Å². The van der Waals surface area contributed by atoms with E-state index in [0.29, 0.717) is 27.6 Å². The number of hydrogen-bond acceptors (Lipinski definition) is 4. The third-order valence-electron chi connectivity index (χ3n) is 4.99. The zero-order valence-electron chi connectivity index (χ0n) is 16.2. The molecule has 0 spiro atoms. The van der Waals surface area contributed by atoms with Gasteiger partial charge in [0.1, 0.15) is 10.8 Å². The highest BCUT2D eigenvalue weighted by Crippen LogP contribution is 2.39. The van der Waals surface area contributed by atoms with Crippen molar-refractivity contribution in [2.75, 3.05) is 17.7 Å². The van der Waals surface area contributed by atoms with E-state index in [-0.39, 0.29) is 11.8 Å². The number of benzene rings is 2. The van der Waals surface area contributed by atoms with Gasteiger partial charge in [-0.15, -0.1) is 11.3 Å². The van der Waals surface area contributed by atoms with Crippen LogP contribution in [0.5, 0.6) is 5.75 Å². The molecule has 1 aromatic heterocycles. The minimum atomic E-state index is -0.209. The molecular formula is C23H22N2O3S. The zero-order valence-corrected chi connectivity index (χ0v) is 17.0. The number of carbonyl (C=O) groups is 2. The van der Waals surface area contributed by atoms with Crippen molar-refractivity contribution in [2.45, 2.75) is 25.7 Å². The molecule has 0 saturated heterocycles. The molecule has 4 rings (SSSR count). The fourth-order valence-corrected chi connectivity index (χ4v) is 4.84. The standard InChI is InChI=1S/C23H22N2O3S/c1-28-17-11-7-10-16(14-17)24-22(27)20-18-12-5-6-13-19(18)29-23(20)25-21(26)15-8-3-2-4-9-15/h2-4,7-11,14H,5-6,12-13H2,1H3,(H,24,27)(H,25,26). The number of aryl methyl sites for hydroxylation is 1. The number of rotatable bonds is 5. The van der Waals surface area contributed by atoms with Crippen LogP contribution < -0.4 is 15.4 Å². The molecule has 0 atom stereocenters. The first kappa shape index (κ1) is 19.2. The molecule has 0 unspecified atom stereocenters. The molecule has 1 aliphatic carbocycles. The Kier molecular flexibility index (Phi) is 5.62. The summed E-state index contributed by atoms with van der Waals surface area (Å²) in [4.78, 5) is 27.1. The van der Waals surface area contributed by atoms with Crippen molar-refractivity contribution in [2.24, 2.45) is 0 Å². The summed E-state index contributed by atoms with van der Waals surface area (Å²) in [5.74, 6) is 0.258. The smallest absolute Gasteiger partial charge is 0.258 e.